The van der Waals surface area contributed by atoms with E-state index < -0.39 is 10.1 Å². The van der Waals surface area contributed by atoms with Crippen LogP contribution < -0.4 is 14.2 Å². The van der Waals surface area contributed by atoms with Crippen LogP contribution in [-0.2, 0) is 31.0 Å². The number of ether oxygens (including phenoxy) is 2. The van der Waals surface area contributed by atoms with Crippen LogP contribution in [0.25, 0.3) is 0 Å². The molecule has 1 saturated heterocycles. The van der Waals surface area contributed by atoms with Gasteiger partial charge in [0.1, 0.15) is 4.90 Å². The Labute approximate surface area is 212 Å². The van der Waals surface area contributed by atoms with Gasteiger partial charge in [0.25, 0.3) is 0 Å². The van der Waals surface area contributed by atoms with E-state index in [-0.39, 0.29) is 46.8 Å². The number of methoxy groups -OCH3 is 1. The molecule has 10 heteroatoms. The van der Waals surface area contributed by atoms with Crippen molar-refractivity contribution in [2.45, 2.75) is 57.6 Å². The lowest BCUT2D eigenvalue weighted by Crippen LogP contribution is -2.37. The van der Waals surface area contributed by atoms with Gasteiger partial charge in [0.2, 0.25) is 11.8 Å². The average Bonchev–Trinajstić information content (AvgIpc) is 3.31. The van der Waals surface area contributed by atoms with Crippen LogP contribution in [0.5, 0.6) is 11.5 Å². The molecule has 9 nitrogen and oxygen atoms in total. The minimum Gasteiger partial charge on any atom is -0.493 e. The van der Waals surface area contributed by atoms with Crippen LogP contribution in [0.4, 0.5) is 5.69 Å². The Bertz CT molecular complexity index is 1160. The molecule has 1 unspecified atom stereocenters. The summed E-state index contributed by atoms with van der Waals surface area (Å²) in [5, 5.41) is 2.59. The van der Waals surface area contributed by atoms with Crippen molar-refractivity contribution in [3.05, 3.63) is 48.0 Å². The van der Waals surface area contributed by atoms with E-state index in [4.69, 9.17) is 13.7 Å². The van der Waals surface area contributed by atoms with Crippen molar-refractivity contribution in [3.63, 3.8) is 0 Å². The second kappa shape index (κ2) is 12.2. The summed E-state index contributed by atoms with van der Waals surface area (Å²) in [5.41, 5.74) is 1.18. The van der Waals surface area contributed by atoms with Crippen molar-refractivity contribution in [1.82, 2.24) is 4.90 Å². The first kappa shape index (κ1) is 27.5. The first-order chi connectivity index (χ1) is 17.1. The fourth-order valence-corrected chi connectivity index (χ4v) is 4.88. The minimum absolute atomic E-state index is 0.00378. The van der Waals surface area contributed by atoms with Gasteiger partial charge in [-0.1, -0.05) is 19.9 Å². The molecule has 1 fully saturated rings. The van der Waals surface area contributed by atoms with Crippen LogP contribution >= 0.6 is 0 Å². The highest BCUT2D eigenvalue weighted by atomic mass is 32.2. The van der Waals surface area contributed by atoms with Gasteiger partial charge in [-0.3, -0.25) is 9.59 Å². The second-order valence-corrected chi connectivity index (χ2v) is 10.8. The molecule has 1 heterocycles. The van der Waals surface area contributed by atoms with Crippen molar-refractivity contribution in [2.24, 2.45) is 5.92 Å². The van der Waals surface area contributed by atoms with Gasteiger partial charge in [0.15, 0.2) is 11.5 Å². The molecule has 1 atom stereocenters. The number of hydrogen-bond acceptors (Lipinski definition) is 7. The van der Waals surface area contributed by atoms with Gasteiger partial charge in [0, 0.05) is 38.7 Å². The number of carbonyl (C=O) groups is 2. The number of rotatable bonds is 11. The third-order valence-electron chi connectivity index (χ3n) is 5.65. The zero-order chi connectivity index (χ0) is 26.3. The number of benzene rings is 2. The number of anilines is 1. The average molecular weight is 519 g/mol. The Morgan fingerprint density at radius 3 is 2.44 bits per heavy atom. The van der Waals surface area contributed by atoms with Crippen LogP contribution in [0.2, 0.25) is 0 Å². The predicted octanol–water partition coefficient (Wildman–Crippen LogP) is 3.98. The number of amides is 2. The highest BCUT2D eigenvalue weighted by molar-refractivity contribution is 7.87. The van der Waals surface area contributed by atoms with Crippen molar-refractivity contribution in [2.75, 3.05) is 25.6 Å². The van der Waals surface area contributed by atoms with Crippen LogP contribution in [0, 0.1) is 5.92 Å². The Hall–Kier alpha value is -3.11. The molecule has 3 rings (SSSR count). The SMILES string of the molecule is COc1ccc(CN(CC2CCCO2)C(=O)CC(C)C)cc1OS(=O)(=O)c1ccc(NC(C)=O)cc1. The summed E-state index contributed by atoms with van der Waals surface area (Å²) in [6.45, 7) is 6.82. The van der Waals surface area contributed by atoms with Crippen molar-refractivity contribution in [3.8, 4) is 11.5 Å². The van der Waals surface area contributed by atoms with Crippen LogP contribution in [0.3, 0.4) is 0 Å². The molecular weight excluding hydrogens is 484 g/mol. The summed E-state index contributed by atoms with van der Waals surface area (Å²) >= 11 is 0. The fourth-order valence-electron chi connectivity index (χ4n) is 3.95. The standard InChI is InChI=1S/C26H34N2O7S/c1-18(2)14-26(30)28(17-22-6-5-13-34-22)16-20-7-12-24(33-4)25(15-20)35-36(31,32)23-10-8-21(9-11-23)27-19(3)29/h7-12,15,18,22H,5-6,13-14,16-17H2,1-4H3,(H,27,29). The number of hydrogen-bond donors (Lipinski definition) is 1. The van der Waals surface area contributed by atoms with Crippen LogP contribution in [0.15, 0.2) is 47.4 Å². The Morgan fingerprint density at radius 1 is 1.14 bits per heavy atom. The largest absolute Gasteiger partial charge is 0.493 e. The first-order valence-electron chi connectivity index (χ1n) is 12.0. The fraction of sp³-hybridized carbons (Fsp3) is 0.462. The maximum atomic E-state index is 13.0. The van der Waals surface area contributed by atoms with Gasteiger partial charge in [-0.2, -0.15) is 8.42 Å². The molecule has 0 aliphatic carbocycles. The summed E-state index contributed by atoms with van der Waals surface area (Å²) in [4.78, 5) is 25.8. The van der Waals surface area contributed by atoms with Crippen molar-refractivity contribution < 1.29 is 31.7 Å². The molecule has 0 bridgehead atoms. The van der Waals surface area contributed by atoms with Crippen LogP contribution in [-0.4, -0.2) is 51.5 Å². The summed E-state index contributed by atoms with van der Waals surface area (Å²) in [6, 6.07) is 10.6. The molecule has 0 spiro atoms. The molecule has 2 amide bonds. The maximum Gasteiger partial charge on any atom is 0.339 e. The van der Waals surface area contributed by atoms with Gasteiger partial charge >= 0.3 is 10.1 Å². The zero-order valence-electron chi connectivity index (χ0n) is 21.2. The van der Waals surface area contributed by atoms with E-state index in [1.54, 1.807) is 23.1 Å². The van der Waals surface area contributed by atoms with Gasteiger partial charge in [-0.05, 0) is 60.7 Å². The van der Waals surface area contributed by atoms with E-state index in [1.807, 2.05) is 13.8 Å². The molecule has 36 heavy (non-hydrogen) atoms. The molecule has 0 radical (unpaired) electrons. The van der Waals surface area contributed by atoms with Gasteiger partial charge in [0.05, 0.1) is 13.2 Å². The van der Waals surface area contributed by atoms with E-state index in [2.05, 4.69) is 5.32 Å². The molecule has 196 valence electrons. The topological polar surface area (TPSA) is 111 Å². The van der Waals surface area contributed by atoms with Gasteiger partial charge in [-0.15, -0.1) is 0 Å². The third-order valence-corrected chi connectivity index (χ3v) is 6.90. The highest BCUT2D eigenvalue weighted by Gasteiger charge is 2.25. The lowest BCUT2D eigenvalue weighted by molar-refractivity contribution is -0.134. The Morgan fingerprint density at radius 2 is 1.86 bits per heavy atom. The molecule has 2 aromatic rings. The normalized spacial score (nSPS) is 15.5. The highest BCUT2D eigenvalue weighted by Crippen LogP contribution is 2.32. The van der Waals surface area contributed by atoms with E-state index in [9.17, 15) is 18.0 Å². The number of nitrogens with zero attached hydrogens (tertiary/aromatic N) is 1. The molecule has 1 aliphatic heterocycles. The molecule has 0 saturated carbocycles. The summed E-state index contributed by atoms with van der Waals surface area (Å²) in [7, 11) is -2.76. The molecule has 2 aromatic carbocycles. The number of nitrogens with one attached hydrogen (secondary N) is 1. The van der Waals surface area contributed by atoms with Crippen molar-refractivity contribution >= 4 is 27.6 Å². The summed E-state index contributed by atoms with van der Waals surface area (Å²) in [5.74, 6) is 0.238. The second-order valence-electron chi connectivity index (χ2n) is 9.24. The molecule has 1 aliphatic rings. The van der Waals surface area contributed by atoms with Crippen molar-refractivity contribution in [1.29, 1.82) is 0 Å². The quantitative estimate of drug-likeness (QED) is 0.448. The lowest BCUT2D eigenvalue weighted by Gasteiger charge is -2.26. The Balaban J connectivity index is 1.82. The molecular formula is C26H34N2O7S. The third kappa shape index (κ3) is 7.69. The van der Waals surface area contributed by atoms with E-state index >= 15 is 0 Å². The number of carbonyl (C=O) groups excluding carboxylic acids is 2. The van der Waals surface area contributed by atoms with Gasteiger partial charge in [-0.25, -0.2) is 0 Å². The molecule has 0 aromatic heterocycles. The van der Waals surface area contributed by atoms with E-state index in [0.717, 1.165) is 12.8 Å². The zero-order valence-corrected chi connectivity index (χ0v) is 22.0. The lowest BCUT2D eigenvalue weighted by atomic mass is 10.1. The minimum atomic E-state index is -4.18. The predicted molar refractivity (Wildman–Crippen MR) is 135 cm³/mol. The van der Waals surface area contributed by atoms with Gasteiger partial charge < -0.3 is 23.9 Å². The summed E-state index contributed by atoms with van der Waals surface area (Å²) < 4.78 is 42.4. The Kier molecular flexibility index (Phi) is 9.33. The first-order valence-corrected chi connectivity index (χ1v) is 13.4. The monoisotopic (exact) mass is 518 g/mol. The van der Waals surface area contributed by atoms with E-state index in [0.29, 0.717) is 30.8 Å². The summed E-state index contributed by atoms with van der Waals surface area (Å²) in [6.07, 6.45) is 2.29. The van der Waals surface area contributed by atoms with Crippen LogP contribution in [0.1, 0.15) is 45.6 Å². The maximum absolute atomic E-state index is 13.0. The smallest absolute Gasteiger partial charge is 0.339 e. The molecule has 1 N–H and O–H groups in total. The van der Waals surface area contributed by atoms with E-state index in [1.165, 1.54) is 38.3 Å².